The van der Waals surface area contributed by atoms with Crippen LogP contribution in [0.15, 0.2) is 0 Å². The minimum atomic E-state index is -0.942. The highest BCUT2D eigenvalue weighted by molar-refractivity contribution is 5.81. The molecule has 0 aromatic rings. The molecule has 1 fully saturated rings. The number of hydrogen-bond acceptors (Lipinski definition) is 3. The van der Waals surface area contributed by atoms with E-state index in [0.29, 0.717) is 13.0 Å². The molecule has 5 heteroatoms. The number of hydrogen-bond donors (Lipinski definition) is 1. The van der Waals surface area contributed by atoms with Gasteiger partial charge in [-0.25, -0.2) is 9.59 Å². The molecule has 1 N–H and O–H groups in total. The van der Waals surface area contributed by atoms with Gasteiger partial charge in [-0.3, -0.25) is 4.90 Å². The summed E-state index contributed by atoms with van der Waals surface area (Å²) < 4.78 is 5.30. The molecule has 0 bridgehead atoms. The van der Waals surface area contributed by atoms with Crippen molar-refractivity contribution in [1.82, 2.24) is 4.90 Å². The average molecular weight is 285 g/mol. The van der Waals surface area contributed by atoms with Crippen LogP contribution in [0.3, 0.4) is 0 Å². The molecule has 1 aliphatic heterocycles. The zero-order chi connectivity index (χ0) is 15.7. The number of ether oxygens (including phenoxy) is 1. The number of aliphatic carboxylic acids is 1. The van der Waals surface area contributed by atoms with Crippen molar-refractivity contribution < 1.29 is 19.4 Å². The van der Waals surface area contributed by atoms with Crippen LogP contribution in [0.5, 0.6) is 0 Å². The second-order valence-electron chi connectivity index (χ2n) is 7.77. The smallest absolute Gasteiger partial charge is 0.411 e. The van der Waals surface area contributed by atoms with Gasteiger partial charge in [-0.05, 0) is 44.9 Å². The van der Waals surface area contributed by atoms with Crippen molar-refractivity contribution in [1.29, 1.82) is 0 Å². The van der Waals surface area contributed by atoms with E-state index in [2.05, 4.69) is 20.8 Å². The Morgan fingerprint density at radius 3 is 2.15 bits per heavy atom. The number of carbonyl (C=O) groups excluding carboxylic acids is 1. The number of amides is 1. The van der Waals surface area contributed by atoms with Crippen LogP contribution in [0.2, 0.25) is 0 Å². The highest BCUT2D eigenvalue weighted by Crippen LogP contribution is 2.35. The first-order valence-corrected chi connectivity index (χ1v) is 7.13. The minimum Gasteiger partial charge on any atom is -0.480 e. The second kappa shape index (κ2) is 5.62. The van der Waals surface area contributed by atoms with Gasteiger partial charge >= 0.3 is 12.1 Å². The first-order chi connectivity index (χ1) is 8.91. The molecular weight excluding hydrogens is 258 g/mol. The minimum absolute atomic E-state index is 0.0139. The quantitative estimate of drug-likeness (QED) is 0.846. The number of carbonyl (C=O) groups is 2. The van der Waals surface area contributed by atoms with Crippen molar-refractivity contribution >= 4 is 12.1 Å². The van der Waals surface area contributed by atoms with Crippen molar-refractivity contribution in [3.05, 3.63) is 0 Å². The molecule has 116 valence electrons. The Labute approximate surface area is 121 Å². The van der Waals surface area contributed by atoms with Gasteiger partial charge in [0.15, 0.2) is 0 Å². The molecule has 0 aliphatic carbocycles. The monoisotopic (exact) mass is 285 g/mol. The third-order valence-corrected chi connectivity index (χ3v) is 3.28. The Bertz CT molecular complexity index is 378. The van der Waals surface area contributed by atoms with Crippen molar-refractivity contribution in [2.45, 2.75) is 66.0 Å². The third-order valence-electron chi connectivity index (χ3n) is 3.28. The molecule has 1 rings (SSSR count). The maximum atomic E-state index is 12.1. The molecule has 1 saturated heterocycles. The predicted octanol–water partition coefficient (Wildman–Crippen LogP) is 3.13. The Morgan fingerprint density at radius 1 is 1.20 bits per heavy atom. The molecule has 0 saturated carbocycles. The SMILES string of the molecule is CC(C)(C)C[C@@H]1CCN(C(=O)OC(C)(C)C)[C@H]1C(=O)O. The highest BCUT2D eigenvalue weighted by Gasteiger charge is 2.44. The molecule has 0 aromatic heterocycles. The number of carboxylic acids is 1. The summed E-state index contributed by atoms with van der Waals surface area (Å²) in [5.74, 6) is -0.956. The summed E-state index contributed by atoms with van der Waals surface area (Å²) in [5, 5.41) is 9.45. The Balaban J connectivity index is 2.83. The second-order valence-corrected chi connectivity index (χ2v) is 7.77. The summed E-state index contributed by atoms with van der Waals surface area (Å²) in [4.78, 5) is 25.0. The van der Waals surface area contributed by atoms with Crippen molar-refractivity contribution in [3.63, 3.8) is 0 Å². The van der Waals surface area contributed by atoms with Crippen LogP contribution < -0.4 is 0 Å². The molecule has 1 aliphatic rings. The maximum absolute atomic E-state index is 12.1. The van der Waals surface area contributed by atoms with E-state index in [1.165, 1.54) is 4.90 Å². The number of rotatable bonds is 2. The molecule has 20 heavy (non-hydrogen) atoms. The fourth-order valence-corrected chi connectivity index (χ4v) is 2.72. The Morgan fingerprint density at radius 2 is 1.75 bits per heavy atom. The molecule has 0 spiro atoms. The maximum Gasteiger partial charge on any atom is 0.411 e. The summed E-state index contributed by atoms with van der Waals surface area (Å²) in [6.07, 6.45) is 0.970. The summed E-state index contributed by atoms with van der Waals surface area (Å²) in [5.41, 5.74) is -0.565. The lowest BCUT2D eigenvalue weighted by Crippen LogP contribution is -2.46. The van der Waals surface area contributed by atoms with Crippen LogP contribution >= 0.6 is 0 Å². The molecule has 0 aromatic carbocycles. The van der Waals surface area contributed by atoms with Gasteiger partial charge in [0.05, 0.1) is 0 Å². The van der Waals surface area contributed by atoms with Crippen molar-refractivity contribution in [3.8, 4) is 0 Å². The van der Waals surface area contributed by atoms with Gasteiger partial charge in [-0.2, -0.15) is 0 Å². The van der Waals surface area contributed by atoms with Crippen molar-refractivity contribution in [2.24, 2.45) is 11.3 Å². The summed E-state index contributed by atoms with van der Waals surface area (Å²) in [6, 6.07) is -0.774. The fourth-order valence-electron chi connectivity index (χ4n) is 2.72. The van der Waals surface area contributed by atoms with Crippen LogP contribution in [-0.4, -0.2) is 40.3 Å². The molecular formula is C15H27NO4. The van der Waals surface area contributed by atoms with Crippen molar-refractivity contribution in [2.75, 3.05) is 6.54 Å². The average Bonchev–Trinajstić information content (AvgIpc) is 2.55. The van der Waals surface area contributed by atoms with E-state index in [1.807, 2.05) is 0 Å². The summed E-state index contributed by atoms with van der Waals surface area (Å²) >= 11 is 0. The summed E-state index contributed by atoms with van der Waals surface area (Å²) in [7, 11) is 0. The van der Waals surface area contributed by atoms with Gasteiger partial charge in [0.2, 0.25) is 0 Å². The van der Waals surface area contributed by atoms with E-state index < -0.39 is 23.7 Å². The zero-order valence-corrected chi connectivity index (χ0v) is 13.4. The first kappa shape index (κ1) is 16.8. The Hall–Kier alpha value is -1.26. The zero-order valence-electron chi connectivity index (χ0n) is 13.4. The predicted molar refractivity (Wildman–Crippen MR) is 76.5 cm³/mol. The van der Waals surface area contributed by atoms with Crippen LogP contribution in [0.25, 0.3) is 0 Å². The van der Waals surface area contributed by atoms with E-state index in [9.17, 15) is 14.7 Å². The van der Waals surface area contributed by atoms with Gasteiger partial charge in [0, 0.05) is 6.54 Å². The lowest BCUT2D eigenvalue weighted by molar-refractivity contribution is -0.143. The van der Waals surface area contributed by atoms with E-state index in [-0.39, 0.29) is 11.3 Å². The normalized spacial score (nSPS) is 23.8. The van der Waals surface area contributed by atoms with E-state index >= 15 is 0 Å². The number of nitrogens with zero attached hydrogens (tertiary/aromatic N) is 1. The molecule has 2 atom stereocenters. The largest absolute Gasteiger partial charge is 0.480 e. The van der Waals surface area contributed by atoms with Gasteiger partial charge in [0.1, 0.15) is 11.6 Å². The number of likely N-dealkylation sites (tertiary alicyclic amines) is 1. The third kappa shape index (κ3) is 4.69. The molecule has 0 unspecified atom stereocenters. The highest BCUT2D eigenvalue weighted by atomic mass is 16.6. The van der Waals surface area contributed by atoms with Gasteiger partial charge < -0.3 is 9.84 Å². The van der Waals surface area contributed by atoms with Crippen LogP contribution in [0, 0.1) is 11.3 Å². The van der Waals surface area contributed by atoms with E-state index in [0.717, 1.165) is 6.42 Å². The topological polar surface area (TPSA) is 66.8 Å². The standard InChI is InChI=1S/C15H27NO4/c1-14(2,3)9-10-7-8-16(11(10)12(17)18)13(19)20-15(4,5)6/h10-11H,7-9H2,1-6H3,(H,17,18)/t10-,11+/m0/s1. The molecule has 1 heterocycles. The van der Waals surface area contributed by atoms with Gasteiger partial charge in [-0.15, -0.1) is 0 Å². The van der Waals surface area contributed by atoms with Gasteiger partial charge in [0.25, 0.3) is 0 Å². The first-order valence-electron chi connectivity index (χ1n) is 7.13. The van der Waals surface area contributed by atoms with E-state index in [1.54, 1.807) is 20.8 Å². The van der Waals surface area contributed by atoms with E-state index in [4.69, 9.17) is 4.74 Å². The molecule has 0 radical (unpaired) electrons. The van der Waals surface area contributed by atoms with Gasteiger partial charge in [-0.1, -0.05) is 20.8 Å². The lowest BCUT2D eigenvalue weighted by atomic mass is 9.81. The lowest BCUT2D eigenvalue weighted by Gasteiger charge is -2.30. The molecule has 1 amide bonds. The summed E-state index contributed by atoms with van der Waals surface area (Å²) in [6.45, 7) is 12.1. The molecule has 5 nitrogen and oxygen atoms in total. The Kier molecular flexibility index (Phi) is 4.72. The van der Waals surface area contributed by atoms with Crippen LogP contribution in [0.1, 0.15) is 54.4 Å². The number of carboxylic acid groups (broad SMARTS) is 1. The van der Waals surface area contributed by atoms with Crippen LogP contribution in [0.4, 0.5) is 4.79 Å². The van der Waals surface area contributed by atoms with Crippen LogP contribution in [-0.2, 0) is 9.53 Å². The fraction of sp³-hybridized carbons (Fsp3) is 0.867.